The van der Waals surface area contributed by atoms with Crippen LogP contribution in [-0.2, 0) is 0 Å². The van der Waals surface area contributed by atoms with Crippen molar-refractivity contribution in [1.29, 1.82) is 0 Å². The molecule has 0 spiro atoms. The summed E-state index contributed by atoms with van der Waals surface area (Å²) in [5.41, 5.74) is 1.79. The van der Waals surface area contributed by atoms with Crippen LogP contribution in [0.3, 0.4) is 0 Å². The molecule has 15 heavy (non-hydrogen) atoms. The molecule has 0 aliphatic rings. The lowest BCUT2D eigenvalue weighted by Crippen LogP contribution is -1.81. The van der Waals surface area contributed by atoms with Crippen LogP contribution in [0.1, 0.15) is 34.5 Å². The first-order valence-electron chi connectivity index (χ1n) is 4.62. The number of hydrogen-bond acceptors (Lipinski definition) is 4. The Bertz CT molecular complexity index is 486. The van der Waals surface area contributed by atoms with Crippen LogP contribution < -0.4 is 0 Å². The Kier molecular flexibility index (Phi) is 3.14. The van der Waals surface area contributed by atoms with Gasteiger partial charge in [-0.1, -0.05) is 13.8 Å². The Hall–Kier alpha value is -1.18. The van der Waals surface area contributed by atoms with Crippen LogP contribution >= 0.6 is 22.7 Å². The minimum absolute atomic E-state index is 0.481. The van der Waals surface area contributed by atoms with Crippen LogP contribution in [0.5, 0.6) is 0 Å². The maximum absolute atomic E-state index is 4.32. The molecule has 0 saturated heterocycles. The monoisotopic (exact) mass is 234 g/mol. The average molecular weight is 234 g/mol. The second kappa shape index (κ2) is 4.56. The highest BCUT2D eigenvalue weighted by atomic mass is 32.1. The fourth-order valence-electron chi connectivity index (χ4n) is 1.01. The van der Waals surface area contributed by atoms with Gasteiger partial charge in [0.15, 0.2) is 0 Å². The zero-order valence-electron chi connectivity index (χ0n) is 8.52. The van der Waals surface area contributed by atoms with Crippen molar-refractivity contribution in [1.82, 2.24) is 9.97 Å². The normalized spacial score (nSPS) is 10.1. The zero-order valence-corrected chi connectivity index (χ0v) is 10.2. The predicted octanol–water partition coefficient (Wildman–Crippen LogP) is 3.12. The molecule has 0 aliphatic carbocycles. The fraction of sp³-hybridized carbons (Fsp3) is 0.273. The number of aromatic nitrogens is 2. The van der Waals surface area contributed by atoms with Gasteiger partial charge in [0, 0.05) is 5.92 Å². The molecule has 0 atom stereocenters. The van der Waals surface area contributed by atoms with Crippen LogP contribution in [0.4, 0.5) is 0 Å². The lowest BCUT2D eigenvalue weighted by molar-refractivity contribution is 0.852. The summed E-state index contributed by atoms with van der Waals surface area (Å²) < 4.78 is 0. The third kappa shape index (κ3) is 2.65. The summed E-state index contributed by atoms with van der Waals surface area (Å²) in [6.45, 7) is 4.28. The molecule has 0 bridgehead atoms. The van der Waals surface area contributed by atoms with E-state index in [1.165, 1.54) is 0 Å². The van der Waals surface area contributed by atoms with E-state index in [1.807, 2.05) is 6.20 Å². The van der Waals surface area contributed by atoms with E-state index in [1.54, 1.807) is 34.4 Å². The van der Waals surface area contributed by atoms with Crippen molar-refractivity contribution >= 4 is 22.7 Å². The third-order valence-electron chi connectivity index (χ3n) is 1.76. The molecule has 2 aromatic heterocycles. The third-order valence-corrected chi connectivity index (χ3v) is 3.66. The van der Waals surface area contributed by atoms with Crippen LogP contribution in [-0.4, -0.2) is 9.97 Å². The summed E-state index contributed by atoms with van der Waals surface area (Å²) in [4.78, 5) is 10.3. The van der Waals surface area contributed by atoms with Gasteiger partial charge in [-0.2, -0.15) is 0 Å². The minimum Gasteiger partial charge on any atom is -0.252 e. The van der Waals surface area contributed by atoms with E-state index in [-0.39, 0.29) is 0 Å². The Morgan fingerprint density at radius 2 is 2.00 bits per heavy atom. The van der Waals surface area contributed by atoms with E-state index < -0.39 is 0 Å². The summed E-state index contributed by atoms with van der Waals surface area (Å²) in [5, 5.41) is 1.14. The van der Waals surface area contributed by atoms with Gasteiger partial charge >= 0.3 is 0 Å². The van der Waals surface area contributed by atoms with Gasteiger partial charge in [-0.05, 0) is 11.8 Å². The van der Waals surface area contributed by atoms with E-state index in [9.17, 15) is 0 Å². The molecule has 0 N–H and O–H groups in total. The van der Waals surface area contributed by atoms with Gasteiger partial charge in [0.1, 0.15) is 0 Å². The molecule has 2 rings (SSSR count). The van der Waals surface area contributed by atoms with Crippen LogP contribution in [0.25, 0.3) is 0 Å². The molecule has 0 aromatic carbocycles. The molecular weight excluding hydrogens is 224 g/mol. The van der Waals surface area contributed by atoms with Crippen LogP contribution in [0.2, 0.25) is 0 Å². The van der Waals surface area contributed by atoms with Gasteiger partial charge in [0.05, 0.1) is 32.7 Å². The molecule has 0 aliphatic heterocycles. The smallest absolute Gasteiger partial charge is 0.0973 e. The molecule has 0 radical (unpaired) electrons. The summed E-state index contributed by atoms with van der Waals surface area (Å²) in [5.74, 6) is 6.65. The molecule has 2 aromatic rings. The summed E-state index contributed by atoms with van der Waals surface area (Å²) in [6.07, 6.45) is 3.62. The van der Waals surface area contributed by atoms with Crippen LogP contribution in [0.15, 0.2) is 17.9 Å². The largest absolute Gasteiger partial charge is 0.252 e. The molecule has 2 heterocycles. The van der Waals surface area contributed by atoms with Crippen molar-refractivity contribution in [3.63, 3.8) is 0 Å². The summed E-state index contributed by atoms with van der Waals surface area (Å²) in [6, 6.07) is 0. The second-order valence-corrected chi connectivity index (χ2v) is 5.28. The molecule has 0 fully saturated rings. The molecule has 4 heteroatoms. The quantitative estimate of drug-likeness (QED) is 0.708. The molecular formula is C11H10N2S2. The van der Waals surface area contributed by atoms with Crippen molar-refractivity contribution in [2.24, 2.45) is 0 Å². The van der Waals surface area contributed by atoms with E-state index in [4.69, 9.17) is 0 Å². The Balaban J connectivity index is 2.17. The number of rotatable bonds is 1. The first-order valence-corrected chi connectivity index (χ1v) is 6.31. The van der Waals surface area contributed by atoms with Gasteiger partial charge < -0.3 is 0 Å². The SMILES string of the molecule is CC(C)c1ncc(C#Cc2cncs2)s1. The van der Waals surface area contributed by atoms with Crippen LogP contribution in [0, 0.1) is 11.8 Å². The van der Waals surface area contributed by atoms with E-state index in [0.29, 0.717) is 5.92 Å². The lowest BCUT2D eigenvalue weighted by Gasteiger charge is -1.94. The first kappa shape index (κ1) is 10.3. The summed E-state index contributed by atoms with van der Waals surface area (Å²) >= 11 is 3.22. The highest BCUT2D eigenvalue weighted by Gasteiger charge is 2.03. The average Bonchev–Trinajstić information content (AvgIpc) is 2.86. The van der Waals surface area contributed by atoms with Crippen molar-refractivity contribution in [2.45, 2.75) is 19.8 Å². The van der Waals surface area contributed by atoms with Gasteiger partial charge in [0.25, 0.3) is 0 Å². The number of nitrogens with zero attached hydrogens (tertiary/aromatic N) is 2. The Morgan fingerprint density at radius 3 is 2.60 bits per heavy atom. The lowest BCUT2D eigenvalue weighted by atomic mass is 10.2. The zero-order chi connectivity index (χ0) is 10.7. The molecule has 76 valence electrons. The second-order valence-electron chi connectivity index (χ2n) is 3.33. The van der Waals surface area contributed by atoms with Gasteiger partial charge in [-0.25, -0.2) is 4.98 Å². The maximum Gasteiger partial charge on any atom is 0.0973 e. The van der Waals surface area contributed by atoms with Crippen molar-refractivity contribution < 1.29 is 0 Å². The van der Waals surface area contributed by atoms with E-state index >= 15 is 0 Å². The van der Waals surface area contributed by atoms with E-state index in [0.717, 1.165) is 14.8 Å². The van der Waals surface area contributed by atoms with Crippen molar-refractivity contribution in [2.75, 3.05) is 0 Å². The molecule has 2 nitrogen and oxygen atoms in total. The standard InChI is InChI=1S/C11H10N2S2/c1-8(2)11-13-6-10(15-11)4-3-9-5-12-7-14-9/h5-8H,1-2H3. The number of thiazole rings is 2. The highest BCUT2D eigenvalue weighted by Crippen LogP contribution is 2.20. The minimum atomic E-state index is 0.481. The predicted molar refractivity (Wildman–Crippen MR) is 64.3 cm³/mol. The highest BCUT2D eigenvalue weighted by molar-refractivity contribution is 7.12. The topological polar surface area (TPSA) is 25.8 Å². The van der Waals surface area contributed by atoms with Crippen molar-refractivity contribution in [3.8, 4) is 11.8 Å². The Morgan fingerprint density at radius 1 is 1.20 bits per heavy atom. The van der Waals surface area contributed by atoms with Gasteiger partial charge in [-0.15, -0.1) is 22.7 Å². The van der Waals surface area contributed by atoms with Gasteiger partial charge in [-0.3, -0.25) is 4.98 Å². The molecule has 0 saturated carbocycles. The Labute approximate surface area is 97.0 Å². The first-order chi connectivity index (χ1) is 7.25. The molecule has 0 unspecified atom stereocenters. The molecule has 0 amide bonds. The fourth-order valence-corrected chi connectivity index (χ4v) is 2.25. The summed E-state index contributed by atoms with van der Waals surface area (Å²) in [7, 11) is 0. The number of hydrogen-bond donors (Lipinski definition) is 0. The van der Waals surface area contributed by atoms with Crippen molar-refractivity contribution in [3.05, 3.63) is 32.7 Å². The maximum atomic E-state index is 4.32. The van der Waals surface area contributed by atoms with E-state index in [2.05, 4.69) is 35.7 Å². The van der Waals surface area contributed by atoms with Gasteiger partial charge in [0.2, 0.25) is 0 Å².